The summed E-state index contributed by atoms with van der Waals surface area (Å²) in [5, 5.41) is 12.7. The molecule has 0 saturated carbocycles. The van der Waals surface area contributed by atoms with Crippen molar-refractivity contribution < 1.29 is 0 Å². The SMILES string of the molecule is Cc1nn(-c2ccccc2)c(=O)n1C#N. The first-order chi connectivity index (χ1) is 7.24. The van der Waals surface area contributed by atoms with Crippen molar-refractivity contribution in [3.05, 3.63) is 46.6 Å². The van der Waals surface area contributed by atoms with Crippen molar-refractivity contribution in [3.63, 3.8) is 0 Å². The van der Waals surface area contributed by atoms with Crippen LogP contribution in [0.5, 0.6) is 0 Å². The third-order valence-corrected chi connectivity index (χ3v) is 2.04. The molecule has 0 radical (unpaired) electrons. The maximum atomic E-state index is 11.7. The molecule has 2 aromatic rings. The first-order valence-corrected chi connectivity index (χ1v) is 4.38. The van der Waals surface area contributed by atoms with Gasteiger partial charge in [0.05, 0.1) is 5.69 Å². The van der Waals surface area contributed by atoms with E-state index in [2.05, 4.69) is 5.10 Å². The number of aromatic nitrogens is 3. The molecule has 0 aliphatic rings. The minimum atomic E-state index is -0.443. The van der Waals surface area contributed by atoms with Crippen LogP contribution in [0.3, 0.4) is 0 Å². The van der Waals surface area contributed by atoms with Crippen LogP contribution in [0.15, 0.2) is 35.1 Å². The number of para-hydroxylation sites is 1. The molecule has 0 N–H and O–H groups in total. The molecule has 1 aromatic carbocycles. The number of hydrogen-bond donors (Lipinski definition) is 0. The second-order valence-corrected chi connectivity index (χ2v) is 3.01. The molecule has 0 bridgehead atoms. The van der Waals surface area contributed by atoms with Gasteiger partial charge in [0.25, 0.3) is 0 Å². The summed E-state index contributed by atoms with van der Waals surface area (Å²) in [5.41, 5.74) is 0.209. The van der Waals surface area contributed by atoms with Gasteiger partial charge in [-0.2, -0.15) is 14.5 Å². The summed E-state index contributed by atoms with van der Waals surface area (Å²) in [4.78, 5) is 11.7. The molecule has 2 rings (SSSR count). The minimum Gasteiger partial charge on any atom is -0.244 e. The van der Waals surface area contributed by atoms with E-state index in [4.69, 9.17) is 5.26 Å². The lowest BCUT2D eigenvalue weighted by Crippen LogP contribution is -2.21. The van der Waals surface area contributed by atoms with Gasteiger partial charge in [-0.3, -0.25) is 0 Å². The zero-order chi connectivity index (χ0) is 10.8. The molecule has 0 unspecified atom stereocenters. The summed E-state index contributed by atoms with van der Waals surface area (Å²) in [5.74, 6) is 0.381. The highest BCUT2D eigenvalue weighted by Crippen LogP contribution is 2.02. The first kappa shape index (κ1) is 9.21. The van der Waals surface area contributed by atoms with E-state index in [1.54, 1.807) is 25.2 Å². The van der Waals surface area contributed by atoms with E-state index in [0.29, 0.717) is 11.5 Å². The Kier molecular flexibility index (Phi) is 2.10. The Morgan fingerprint density at radius 1 is 1.33 bits per heavy atom. The van der Waals surface area contributed by atoms with Crippen LogP contribution in [0, 0.1) is 18.4 Å². The molecular weight excluding hydrogens is 192 g/mol. The number of aryl methyl sites for hydroxylation is 1. The van der Waals surface area contributed by atoms with Gasteiger partial charge in [0, 0.05) is 0 Å². The molecule has 74 valence electrons. The van der Waals surface area contributed by atoms with Gasteiger partial charge >= 0.3 is 5.69 Å². The van der Waals surface area contributed by atoms with E-state index in [1.165, 1.54) is 4.68 Å². The summed E-state index contributed by atoms with van der Waals surface area (Å²) in [6.45, 7) is 1.62. The lowest BCUT2D eigenvalue weighted by molar-refractivity contribution is 0.828. The lowest BCUT2D eigenvalue weighted by Gasteiger charge is -1.96. The summed E-state index contributed by atoms with van der Waals surface area (Å²) >= 11 is 0. The summed E-state index contributed by atoms with van der Waals surface area (Å²) in [6, 6.07) is 8.98. The predicted octanol–water partition coefficient (Wildman–Crippen LogP) is 0.672. The third-order valence-electron chi connectivity index (χ3n) is 2.04. The second-order valence-electron chi connectivity index (χ2n) is 3.01. The highest BCUT2D eigenvalue weighted by molar-refractivity contribution is 5.29. The van der Waals surface area contributed by atoms with Crippen LogP contribution in [0.25, 0.3) is 5.69 Å². The lowest BCUT2D eigenvalue weighted by atomic mass is 10.3. The van der Waals surface area contributed by atoms with Crippen LogP contribution in [-0.2, 0) is 0 Å². The van der Waals surface area contributed by atoms with Crippen molar-refractivity contribution in [3.8, 4) is 11.9 Å². The minimum absolute atomic E-state index is 0.381. The summed E-state index contributed by atoms with van der Waals surface area (Å²) < 4.78 is 2.16. The molecule has 0 aliphatic heterocycles. The Hall–Kier alpha value is -2.35. The van der Waals surface area contributed by atoms with Crippen molar-refractivity contribution in [1.82, 2.24) is 14.3 Å². The maximum Gasteiger partial charge on any atom is 0.364 e. The van der Waals surface area contributed by atoms with E-state index in [9.17, 15) is 4.79 Å². The molecule has 0 amide bonds. The van der Waals surface area contributed by atoms with E-state index >= 15 is 0 Å². The Labute approximate surface area is 85.8 Å². The highest BCUT2D eigenvalue weighted by Gasteiger charge is 2.09. The Morgan fingerprint density at radius 3 is 2.53 bits per heavy atom. The molecule has 5 heteroatoms. The highest BCUT2D eigenvalue weighted by atomic mass is 16.2. The van der Waals surface area contributed by atoms with Crippen molar-refractivity contribution in [1.29, 1.82) is 5.26 Å². The maximum absolute atomic E-state index is 11.7. The van der Waals surface area contributed by atoms with Gasteiger partial charge in [-0.15, -0.1) is 5.10 Å². The van der Waals surface area contributed by atoms with E-state index in [0.717, 1.165) is 4.57 Å². The second kappa shape index (κ2) is 3.42. The predicted molar refractivity (Wildman–Crippen MR) is 53.6 cm³/mol. The van der Waals surface area contributed by atoms with Gasteiger partial charge in [0.15, 0.2) is 6.19 Å². The molecule has 5 nitrogen and oxygen atoms in total. The topological polar surface area (TPSA) is 63.6 Å². The smallest absolute Gasteiger partial charge is 0.244 e. The summed E-state index contributed by atoms with van der Waals surface area (Å²) in [6.07, 6.45) is 1.77. The number of benzene rings is 1. The van der Waals surface area contributed by atoms with Crippen LogP contribution >= 0.6 is 0 Å². The number of rotatable bonds is 1. The van der Waals surface area contributed by atoms with Gasteiger partial charge in [0.2, 0.25) is 0 Å². The number of nitrogens with zero attached hydrogens (tertiary/aromatic N) is 4. The van der Waals surface area contributed by atoms with Gasteiger partial charge in [0.1, 0.15) is 5.82 Å². The third kappa shape index (κ3) is 1.42. The van der Waals surface area contributed by atoms with Crippen molar-refractivity contribution >= 4 is 0 Å². The van der Waals surface area contributed by atoms with Crippen LogP contribution < -0.4 is 5.69 Å². The van der Waals surface area contributed by atoms with Gasteiger partial charge < -0.3 is 0 Å². The van der Waals surface area contributed by atoms with Gasteiger partial charge in [-0.1, -0.05) is 18.2 Å². The summed E-state index contributed by atoms with van der Waals surface area (Å²) in [7, 11) is 0. The standard InChI is InChI=1S/C10H8N4O/c1-8-12-14(10(15)13(8)7-11)9-5-3-2-4-6-9/h2-6H,1H3. The number of hydrogen-bond acceptors (Lipinski definition) is 3. The molecule has 0 atom stereocenters. The van der Waals surface area contributed by atoms with Crippen molar-refractivity contribution in [2.75, 3.05) is 0 Å². The fourth-order valence-corrected chi connectivity index (χ4v) is 1.32. The molecule has 0 spiro atoms. The quantitative estimate of drug-likeness (QED) is 0.679. The van der Waals surface area contributed by atoms with Crippen molar-refractivity contribution in [2.24, 2.45) is 0 Å². The van der Waals surface area contributed by atoms with Crippen LogP contribution in [0.2, 0.25) is 0 Å². The van der Waals surface area contributed by atoms with E-state index in [-0.39, 0.29) is 0 Å². The normalized spacial score (nSPS) is 9.87. The van der Waals surface area contributed by atoms with Crippen LogP contribution in [-0.4, -0.2) is 14.3 Å². The van der Waals surface area contributed by atoms with Gasteiger partial charge in [-0.05, 0) is 19.1 Å². The van der Waals surface area contributed by atoms with Gasteiger partial charge in [-0.25, -0.2) is 4.79 Å². The van der Waals surface area contributed by atoms with E-state index in [1.807, 2.05) is 18.2 Å². The van der Waals surface area contributed by atoms with Crippen molar-refractivity contribution in [2.45, 2.75) is 6.92 Å². The fraction of sp³-hybridized carbons (Fsp3) is 0.100. The molecular formula is C10H8N4O. The zero-order valence-corrected chi connectivity index (χ0v) is 8.08. The molecule has 0 aliphatic carbocycles. The first-order valence-electron chi connectivity index (χ1n) is 4.38. The molecule has 1 aromatic heterocycles. The Morgan fingerprint density at radius 2 is 2.00 bits per heavy atom. The fourth-order valence-electron chi connectivity index (χ4n) is 1.32. The molecule has 0 saturated heterocycles. The largest absolute Gasteiger partial charge is 0.364 e. The molecule has 1 heterocycles. The Bertz CT molecular complexity index is 574. The van der Waals surface area contributed by atoms with Crippen LogP contribution in [0.4, 0.5) is 0 Å². The average Bonchev–Trinajstić information content (AvgIpc) is 2.55. The molecule has 0 fully saturated rings. The van der Waals surface area contributed by atoms with E-state index < -0.39 is 5.69 Å². The average molecular weight is 200 g/mol. The monoisotopic (exact) mass is 200 g/mol. The van der Waals surface area contributed by atoms with Crippen LogP contribution in [0.1, 0.15) is 5.82 Å². The number of nitriles is 1. The molecule has 15 heavy (non-hydrogen) atoms. The zero-order valence-electron chi connectivity index (χ0n) is 8.08. The Balaban J connectivity index is 2.67.